The molecule has 2 bridgehead atoms. The number of amides is 2. The van der Waals surface area contributed by atoms with Gasteiger partial charge in [0.1, 0.15) is 11.4 Å². The van der Waals surface area contributed by atoms with E-state index in [0.717, 1.165) is 101 Å². The number of halogens is 1. The SMILES string of the molecule is C=CC(=O)N1CCN2CCN(C[C@]3(OC)/C=C/C[C@H](C)[C@@H](C)S(=C)(=O)NC(=O)c4ccc5c(c4)N(C[C@@H]4CC[C@H]43)C[C@@]3(CCCc4cc(Cl)ccc43)CO5)C[C@@H]2C1. The number of benzene rings is 2. The Morgan fingerprint density at radius 1 is 1.11 bits per heavy atom. The summed E-state index contributed by atoms with van der Waals surface area (Å²) in [6.45, 7) is 15.6. The minimum absolute atomic E-state index is 0.00180. The van der Waals surface area contributed by atoms with Crippen LogP contribution in [0.4, 0.5) is 5.69 Å². The van der Waals surface area contributed by atoms with Gasteiger partial charge < -0.3 is 19.3 Å². The van der Waals surface area contributed by atoms with Gasteiger partial charge in [-0.05, 0) is 117 Å². The molecule has 12 heteroatoms. The largest absolute Gasteiger partial charge is 0.490 e. The standard InChI is InChI=1S/C45H60ClN5O5S/c1-6-42(52)50-22-21-49-20-19-48(26-37(49)27-50)29-45(55-4)18-7-9-31(2)32(3)57(5,54)47-43(53)34-12-16-41-40(24-34)51(25-35-11-14-39(35)45)28-44(30-56-41)17-8-10-33-23-36(46)13-15-38(33)44/h6-7,12-13,15-16,18,23-24,31-32,35,37,39H,1,5,8-11,14,17,19-22,25-30H2,2-4H3,(H,47,53,54)/b18-7+/t31-,32+,35-,37+,39+,44-,45+,57?/m0/s1. The number of fused-ring (bicyclic) bond motifs is 5. The first-order chi connectivity index (χ1) is 27.3. The summed E-state index contributed by atoms with van der Waals surface area (Å²) in [7, 11) is -1.13. The van der Waals surface area contributed by atoms with Crippen molar-refractivity contribution >= 4 is 44.7 Å². The number of methoxy groups -OCH3 is 1. The highest BCUT2D eigenvalue weighted by Crippen LogP contribution is 2.49. The van der Waals surface area contributed by atoms with Gasteiger partial charge in [0.25, 0.3) is 5.91 Å². The van der Waals surface area contributed by atoms with Gasteiger partial charge in [-0.15, -0.1) is 0 Å². The normalized spacial score (nSPS) is 35.4. The molecule has 2 aliphatic carbocycles. The third-order valence-corrected chi connectivity index (χ3v) is 16.9. The number of nitrogens with one attached hydrogen (secondary N) is 1. The predicted molar refractivity (Wildman–Crippen MR) is 230 cm³/mol. The zero-order valence-corrected chi connectivity index (χ0v) is 35.5. The number of rotatable bonds is 4. The number of hydrogen-bond donors (Lipinski definition) is 1. The predicted octanol–water partition coefficient (Wildman–Crippen LogP) is 5.58. The average molecular weight is 819 g/mol. The van der Waals surface area contributed by atoms with Crippen molar-refractivity contribution in [1.82, 2.24) is 19.4 Å². The zero-order valence-electron chi connectivity index (χ0n) is 33.9. The highest BCUT2D eigenvalue weighted by molar-refractivity contribution is 7.99. The average Bonchev–Trinajstić information content (AvgIpc) is 3.34. The van der Waals surface area contributed by atoms with Gasteiger partial charge in [-0.25, -0.2) is 4.21 Å². The Morgan fingerprint density at radius 3 is 2.70 bits per heavy atom. The van der Waals surface area contributed by atoms with Crippen molar-refractivity contribution in [3.63, 3.8) is 0 Å². The molecule has 4 aliphatic heterocycles. The van der Waals surface area contributed by atoms with E-state index in [9.17, 15) is 13.8 Å². The van der Waals surface area contributed by atoms with Gasteiger partial charge in [-0.2, -0.15) is 0 Å². The number of carbonyl (C=O) groups is 2. The summed E-state index contributed by atoms with van der Waals surface area (Å²) >= 11 is 6.54. The molecule has 4 heterocycles. The molecule has 57 heavy (non-hydrogen) atoms. The van der Waals surface area contributed by atoms with Gasteiger partial charge in [0, 0.05) is 93.3 Å². The van der Waals surface area contributed by atoms with Crippen LogP contribution < -0.4 is 14.4 Å². The van der Waals surface area contributed by atoms with Gasteiger partial charge in [0.15, 0.2) is 0 Å². The fourth-order valence-corrected chi connectivity index (χ4v) is 12.4. The second kappa shape index (κ2) is 16.0. The monoisotopic (exact) mass is 817 g/mol. The molecule has 1 unspecified atom stereocenters. The van der Waals surface area contributed by atoms with Gasteiger partial charge in [-0.3, -0.25) is 24.1 Å². The van der Waals surface area contributed by atoms with E-state index in [2.05, 4.69) is 63.1 Å². The molecule has 1 N–H and O–H groups in total. The number of ether oxygens (including phenoxy) is 2. The second-order valence-electron chi connectivity index (χ2n) is 17.8. The number of allylic oxidation sites excluding steroid dienone is 1. The van der Waals surface area contributed by atoms with E-state index in [-0.39, 0.29) is 40.4 Å². The Morgan fingerprint density at radius 2 is 1.93 bits per heavy atom. The van der Waals surface area contributed by atoms with Gasteiger partial charge in [0.05, 0.1) is 22.0 Å². The van der Waals surface area contributed by atoms with Crippen molar-refractivity contribution in [2.75, 3.05) is 77.5 Å². The first kappa shape index (κ1) is 40.4. The molecule has 2 saturated heterocycles. The Bertz CT molecular complexity index is 2030. The molecule has 1 spiro atoms. The lowest BCUT2D eigenvalue weighted by Crippen LogP contribution is -2.65. The molecular weight excluding hydrogens is 758 g/mol. The third kappa shape index (κ3) is 7.79. The minimum Gasteiger partial charge on any atom is -0.490 e. The molecule has 6 aliphatic rings. The van der Waals surface area contributed by atoms with E-state index in [0.29, 0.717) is 31.1 Å². The van der Waals surface area contributed by atoms with Crippen molar-refractivity contribution in [2.45, 2.75) is 74.7 Å². The molecule has 10 nitrogen and oxygen atoms in total. The van der Waals surface area contributed by atoms with Crippen molar-refractivity contribution in [3.8, 4) is 5.75 Å². The van der Waals surface area contributed by atoms with Crippen LogP contribution in [0.15, 0.2) is 61.2 Å². The maximum absolute atomic E-state index is 14.1. The van der Waals surface area contributed by atoms with E-state index in [1.54, 1.807) is 6.07 Å². The number of nitrogens with zero attached hydrogens (tertiary/aromatic N) is 4. The van der Waals surface area contributed by atoms with Crippen LogP contribution in [-0.2, 0) is 31.1 Å². The second-order valence-corrected chi connectivity index (χ2v) is 20.6. The Balaban J connectivity index is 1.16. The van der Waals surface area contributed by atoms with E-state index >= 15 is 0 Å². The lowest BCUT2D eigenvalue weighted by molar-refractivity contribution is -0.131. The highest BCUT2D eigenvalue weighted by Gasteiger charge is 2.50. The molecule has 308 valence electrons. The topological polar surface area (TPSA) is 94.7 Å². The molecule has 8 rings (SSSR count). The number of carbonyl (C=O) groups excluding carboxylic acids is 2. The summed E-state index contributed by atoms with van der Waals surface area (Å²) in [6, 6.07) is 12.2. The van der Waals surface area contributed by atoms with Crippen LogP contribution in [0.3, 0.4) is 0 Å². The van der Waals surface area contributed by atoms with E-state index in [1.807, 2.05) is 37.1 Å². The Hall–Kier alpha value is -3.35. The number of aryl methyl sites for hydroxylation is 1. The van der Waals surface area contributed by atoms with Crippen molar-refractivity contribution in [2.24, 2.45) is 17.8 Å². The smallest absolute Gasteiger partial charge is 0.262 e. The van der Waals surface area contributed by atoms with Crippen molar-refractivity contribution in [1.29, 1.82) is 0 Å². The van der Waals surface area contributed by atoms with E-state index in [4.69, 9.17) is 21.1 Å². The van der Waals surface area contributed by atoms with Crippen molar-refractivity contribution in [3.05, 3.63) is 82.9 Å². The summed E-state index contributed by atoms with van der Waals surface area (Å²) in [5.41, 5.74) is 3.10. The molecule has 8 atom stereocenters. The van der Waals surface area contributed by atoms with E-state index in [1.165, 1.54) is 17.2 Å². The first-order valence-electron chi connectivity index (χ1n) is 20.9. The molecule has 1 saturated carbocycles. The molecule has 0 aromatic heterocycles. The minimum atomic E-state index is -2.99. The third-order valence-electron chi connectivity index (χ3n) is 14.5. The van der Waals surface area contributed by atoms with Crippen molar-refractivity contribution < 1.29 is 23.3 Å². The number of piperazine rings is 2. The maximum atomic E-state index is 14.1. The number of anilines is 1. The lowest BCUT2D eigenvalue weighted by Gasteiger charge is -2.53. The van der Waals surface area contributed by atoms with Crippen LogP contribution in [-0.4, -0.2) is 126 Å². The fourth-order valence-electron chi connectivity index (χ4n) is 10.7. The summed E-state index contributed by atoms with van der Waals surface area (Å²) in [4.78, 5) is 36.0. The van der Waals surface area contributed by atoms with Crippen LogP contribution in [0.2, 0.25) is 5.02 Å². The van der Waals surface area contributed by atoms with Gasteiger partial charge in [0.2, 0.25) is 5.91 Å². The fraction of sp³-hybridized carbons (Fsp3) is 0.578. The Kier molecular flexibility index (Phi) is 11.4. The summed E-state index contributed by atoms with van der Waals surface area (Å²) < 4.78 is 30.5. The van der Waals surface area contributed by atoms with Crippen LogP contribution in [0.5, 0.6) is 5.75 Å². The van der Waals surface area contributed by atoms with Crippen LogP contribution in [0, 0.1) is 17.8 Å². The molecule has 2 aromatic rings. The quantitative estimate of drug-likeness (QED) is 0.243. The van der Waals surface area contributed by atoms with Crippen LogP contribution in [0.25, 0.3) is 0 Å². The first-order valence-corrected chi connectivity index (χ1v) is 23.1. The molecule has 2 amide bonds. The summed E-state index contributed by atoms with van der Waals surface area (Å²) in [6.07, 6.45) is 11.8. The van der Waals surface area contributed by atoms with Gasteiger partial charge in [-0.1, -0.05) is 43.3 Å². The molecule has 2 aromatic carbocycles. The van der Waals surface area contributed by atoms with Crippen LogP contribution in [0.1, 0.15) is 67.4 Å². The summed E-state index contributed by atoms with van der Waals surface area (Å²) in [5.74, 6) is 5.01. The summed E-state index contributed by atoms with van der Waals surface area (Å²) in [5, 5.41) is 0.386. The molecule has 0 radical (unpaired) electrons. The highest BCUT2D eigenvalue weighted by atomic mass is 35.5. The maximum Gasteiger partial charge on any atom is 0.262 e. The van der Waals surface area contributed by atoms with Crippen LogP contribution >= 0.6 is 11.6 Å². The Labute approximate surface area is 344 Å². The lowest BCUT2D eigenvalue weighted by atomic mass is 9.63. The molecule has 3 fully saturated rings. The molecular formula is C45H60ClN5O5S. The zero-order chi connectivity index (χ0) is 40.1. The van der Waals surface area contributed by atoms with Gasteiger partial charge >= 0.3 is 0 Å². The number of hydrogen-bond acceptors (Lipinski definition) is 8. The van der Waals surface area contributed by atoms with E-state index < -0.39 is 15.3 Å².